The van der Waals surface area contributed by atoms with Crippen LogP contribution in [0.25, 0.3) is 10.2 Å². The number of anilines is 1. The highest BCUT2D eigenvalue weighted by Crippen LogP contribution is 2.39. The molecule has 2 bridgehead atoms. The molecule has 2 aromatic heterocycles. The fraction of sp³-hybridized carbons (Fsp3) is 0.333. The maximum atomic E-state index is 6.28. The molecule has 6 heteroatoms. The Morgan fingerprint density at radius 3 is 2.83 bits per heavy atom. The molecule has 0 N–H and O–H groups in total. The van der Waals surface area contributed by atoms with Gasteiger partial charge in [-0.3, -0.25) is 9.88 Å². The summed E-state index contributed by atoms with van der Waals surface area (Å²) in [5.74, 6) is 0. The second kappa shape index (κ2) is 5.69. The van der Waals surface area contributed by atoms with Crippen molar-refractivity contribution in [2.24, 2.45) is 0 Å². The van der Waals surface area contributed by atoms with E-state index >= 15 is 0 Å². The first-order valence-corrected chi connectivity index (χ1v) is 9.43. The van der Waals surface area contributed by atoms with Crippen molar-refractivity contribution in [2.75, 3.05) is 18.0 Å². The third kappa shape index (κ3) is 2.39. The molecule has 0 saturated carbocycles. The van der Waals surface area contributed by atoms with Crippen molar-refractivity contribution >= 4 is 38.3 Å². The molecule has 2 aliphatic rings. The zero-order chi connectivity index (χ0) is 16.1. The number of benzene rings is 1. The standard InChI is InChI=1S/C18H17ClN4S/c19-15-5-3-6-16-17(15)21-18(24-16)23-11-13-8-14(23)10-22(13)9-12-4-1-2-7-20-12/h1-7,13-14H,8-11H2. The van der Waals surface area contributed by atoms with Crippen molar-refractivity contribution in [3.05, 3.63) is 53.3 Å². The number of nitrogens with zero attached hydrogens (tertiary/aromatic N) is 4. The zero-order valence-electron chi connectivity index (χ0n) is 13.1. The second-order valence-corrected chi connectivity index (χ2v) is 7.95. The number of hydrogen-bond acceptors (Lipinski definition) is 5. The molecule has 2 fully saturated rings. The molecule has 3 aromatic rings. The third-order valence-corrected chi connectivity index (χ3v) is 6.41. The molecule has 0 aliphatic carbocycles. The van der Waals surface area contributed by atoms with Gasteiger partial charge in [-0.15, -0.1) is 0 Å². The Balaban J connectivity index is 1.35. The fourth-order valence-corrected chi connectivity index (χ4v) is 5.25. The summed E-state index contributed by atoms with van der Waals surface area (Å²) in [6.07, 6.45) is 3.09. The molecule has 122 valence electrons. The van der Waals surface area contributed by atoms with Gasteiger partial charge < -0.3 is 4.90 Å². The Labute approximate surface area is 149 Å². The van der Waals surface area contributed by atoms with Gasteiger partial charge >= 0.3 is 0 Å². The molecule has 24 heavy (non-hydrogen) atoms. The van der Waals surface area contributed by atoms with Gasteiger partial charge in [0.05, 0.1) is 15.4 Å². The third-order valence-electron chi connectivity index (χ3n) is 5.05. The SMILES string of the molecule is Clc1cccc2sc(N3CC4CC3CN4Cc3ccccn3)nc12. The van der Waals surface area contributed by atoms with Gasteiger partial charge in [-0.05, 0) is 30.7 Å². The van der Waals surface area contributed by atoms with Crippen molar-refractivity contribution < 1.29 is 0 Å². The van der Waals surface area contributed by atoms with Gasteiger partial charge in [0, 0.05) is 37.9 Å². The van der Waals surface area contributed by atoms with Crippen molar-refractivity contribution in [3.8, 4) is 0 Å². The van der Waals surface area contributed by atoms with Crippen LogP contribution in [-0.4, -0.2) is 40.0 Å². The number of para-hydroxylation sites is 1. The molecule has 2 saturated heterocycles. The Bertz CT molecular complexity index is 881. The molecule has 0 radical (unpaired) electrons. The molecule has 0 amide bonds. The number of likely N-dealkylation sites (tertiary alicyclic amines) is 1. The lowest BCUT2D eigenvalue weighted by Crippen LogP contribution is -2.46. The highest BCUT2D eigenvalue weighted by molar-refractivity contribution is 7.22. The smallest absolute Gasteiger partial charge is 0.186 e. The first kappa shape index (κ1) is 14.6. The summed E-state index contributed by atoms with van der Waals surface area (Å²) in [5, 5.41) is 1.86. The van der Waals surface area contributed by atoms with E-state index in [9.17, 15) is 0 Å². The molecule has 2 atom stereocenters. The van der Waals surface area contributed by atoms with Crippen molar-refractivity contribution in [1.82, 2.24) is 14.9 Å². The lowest BCUT2D eigenvalue weighted by Gasteiger charge is -2.33. The summed E-state index contributed by atoms with van der Waals surface area (Å²) in [4.78, 5) is 14.3. The summed E-state index contributed by atoms with van der Waals surface area (Å²) in [6, 6.07) is 13.3. The van der Waals surface area contributed by atoms with Crippen LogP contribution in [0, 0.1) is 0 Å². The summed E-state index contributed by atoms with van der Waals surface area (Å²) in [6.45, 7) is 3.08. The maximum absolute atomic E-state index is 6.28. The van der Waals surface area contributed by atoms with Gasteiger partial charge in [0.15, 0.2) is 5.13 Å². The van der Waals surface area contributed by atoms with Gasteiger partial charge in [-0.25, -0.2) is 4.98 Å². The van der Waals surface area contributed by atoms with E-state index in [0.717, 1.165) is 41.0 Å². The van der Waals surface area contributed by atoms with Gasteiger partial charge in [-0.2, -0.15) is 0 Å². The van der Waals surface area contributed by atoms with Crippen LogP contribution >= 0.6 is 22.9 Å². The predicted molar refractivity (Wildman–Crippen MR) is 98.8 cm³/mol. The summed E-state index contributed by atoms with van der Waals surface area (Å²) >= 11 is 8.03. The van der Waals surface area contributed by atoms with Gasteiger partial charge in [0.25, 0.3) is 0 Å². The minimum absolute atomic E-state index is 0.554. The lowest BCUT2D eigenvalue weighted by atomic mass is 10.2. The molecule has 1 aromatic carbocycles. The molecule has 2 unspecified atom stereocenters. The van der Waals surface area contributed by atoms with Crippen LogP contribution < -0.4 is 4.90 Å². The van der Waals surface area contributed by atoms with Crippen LogP contribution in [0.3, 0.4) is 0 Å². The number of halogens is 1. The average Bonchev–Trinajstić information content (AvgIpc) is 3.29. The Morgan fingerprint density at radius 2 is 2.08 bits per heavy atom. The number of fused-ring (bicyclic) bond motifs is 3. The fourth-order valence-electron chi connectivity index (χ4n) is 3.90. The highest BCUT2D eigenvalue weighted by atomic mass is 35.5. The number of aromatic nitrogens is 2. The van der Waals surface area contributed by atoms with Crippen LogP contribution in [0.4, 0.5) is 5.13 Å². The van der Waals surface area contributed by atoms with Crippen LogP contribution in [0.1, 0.15) is 12.1 Å². The normalized spacial score (nSPS) is 23.5. The van der Waals surface area contributed by atoms with Crippen LogP contribution in [0.2, 0.25) is 5.02 Å². The largest absolute Gasteiger partial charge is 0.342 e. The number of thiazole rings is 1. The second-order valence-electron chi connectivity index (χ2n) is 6.53. The number of rotatable bonds is 3. The first-order chi connectivity index (χ1) is 11.8. The summed E-state index contributed by atoms with van der Waals surface area (Å²) in [5.41, 5.74) is 2.09. The van der Waals surface area contributed by atoms with Gasteiger partial charge in [-0.1, -0.05) is 35.1 Å². The number of pyridine rings is 1. The van der Waals surface area contributed by atoms with E-state index in [1.165, 1.54) is 11.1 Å². The molecular weight excluding hydrogens is 340 g/mol. The highest BCUT2D eigenvalue weighted by Gasteiger charge is 2.44. The van der Waals surface area contributed by atoms with Crippen LogP contribution in [0.15, 0.2) is 42.6 Å². The van der Waals surface area contributed by atoms with Crippen molar-refractivity contribution in [1.29, 1.82) is 0 Å². The average molecular weight is 357 g/mol. The number of piperazine rings is 1. The van der Waals surface area contributed by atoms with E-state index in [1.54, 1.807) is 11.3 Å². The van der Waals surface area contributed by atoms with Crippen LogP contribution in [-0.2, 0) is 6.54 Å². The molecule has 2 aliphatic heterocycles. The predicted octanol–water partition coefficient (Wildman–Crippen LogP) is 3.81. The Hall–Kier alpha value is -1.69. The monoisotopic (exact) mass is 356 g/mol. The summed E-state index contributed by atoms with van der Waals surface area (Å²) < 4.78 is 1.17. The van der Waals surface area contributed by atoms with E-state index in [1.807, 2.05) is 24.4 Å². The topological polar surface area (TPSA) is 32.3 Å². The van der Waals surface area contributed by atoms with E-state index in [2.05, 4.69) is 33.0 Å². The summed E-state index contributed by atoms with van der Waals surface area (Å²) in [7, 11) is 0. The van der Waals surface area contributed by atoms with E-state index < -0.39 is 0 Å². The minimum Gasteiger partial charge on any atom is -0.342 e. The van der Waals surface area contributed by atoms with Gasteiger partial charge in [0.1, 0.15) is 5.52 Å². The van der Waals surface area contributed by atoms with E-state index in [0.29, 0.717) is 12.1 Å². The quantitative estimate of drug-likeness (QED) is 0.714. The number of hydrogen-bond donors (Lipinski definition) is 0. The molecular formula is C18H17ClN4S. The molecule has 0 spiro atoms. The molecule has 5 rings (SSSR count). The maximum Gasteiger partial charge on any atom is 0.186 e. The minimum atomic E-state index is 0.554. The molecule has 4 nitrogen and oxygen atoms in total. The molecule has 4 heterocycles. The van der Waals surface area contributed by atoms with Crippen molar-refractivity contribution in [2.45, 2.75) is 25.0 Å². The van der Waals surface area contributed by atoms with Crippen molar-refractivity contribution in [3.63, 3.8) is 0 Å². The zero-order valence-corrected chi connectivity index (χ0v) is 14.7. The first-order valence-electron chi connectivity index (χ1n) is 8.23. The Kier molecular flexibility index (Phi) is 3.47. The Morgan fingerprint density at radius 1 is 1.12 bits per heavy atom. The van der Waals surface area contributed by atoms with E-state index in [4.69, 9.17) is 16.6 Å². The van der Waals surface area contributed by atoms with Gasteiger partial charge in [0.2, 0.25) is 0 Å². The van der Waals surface area contributed by atoms with Crippen LogP contribution in [0.5, 0.6) is 0 Å². The van der Waals surface area contributed by atoms with E-state index in [-0.39, 0.29) is 0 Å². The lowest BCUT2D eigenvalue weighted by molar-refractivity contribution is 0.228.